The molecule has 0 aliphatic rings. The number of nitro groups is 1. The van der Waals surface area contributed by atoms with Gasteiger partial charge in [0.25, 0.3) is 5.69 Å². The Hall–Kier alpha value is -2.63. The first-order valence-electron chi connectivity index (χ1n) is 6.61. The third-order valence-corrected chi connectivity index (χ3v) is 2.80. The Kier molecular flexibility index (Phi) is 4.37. The lowest BCUT2D eigenvalue weighted by Gasteiger charge is -2.10. The number of rotatable bonds is 5. The summed E-state index contributed by atoms with van der Waals surface area (Å²) < 4.78 is 5.57. The maximum absolute atomic E-state index is 11.0. The lowest BCUT2D eigenvalue weighted by atomic mass is 10.1. The van der Waals surface area contributed by atoms with Crippen LogP contribution < -0.4 is 10.1 Å². The Morgan fingerprint density at radius 3 is 2.43 bits per heavy atom. The molecule has 0 spiro atoms. The molecule has 0 fully saturated rings. The van der Waals surface area contributed by atoms with Crippen LogP contribution in [-0.2, 0) is 0 Å². The minimum absolute atomic E-state index is 0.00635. The molecule has 1 N–H and O–H groups in total. The minimum Gasteiger partial charge on any atom is -0.491 e. The molecule has 1 aromatic heterocycles. The number of ether oxygens (including phenoxy) is 1. The van der Waals surface area contributed by atoms with Crippen LogP contribution in [-0.4, -0.2) is 23.1 Å². The van der Waals surface area contributed by atoms with Gasteiger partial charge < -0.3 is 10.1 Å². The van der Waals surface area contributed by atoms with Gasteiger partial charge in [0.2, 0.25) is 0 Å². The van der Waals surface area contributed by atoms with E-state index in [0.29, 0.717) is 11.5 Å². The zero-order valence-electron chi connectivity index (χ0n) is 12.2. The first kappa shape index (κ1) is 14.8. The topological polar surface area (TPSA) is 77.3 Å². The molecule has 1 heterocycles. The van der Waals surface area contributed by atoms with Crippen LogP contribution >= 0.6 is 0 Å². The van der Waals surface area contributed by atoms with Crippen molar-refractivity contribution >= 4 is 11.5 Å². The fraction of sp³-hybridized carbons (Fsp3) is 0.267. The van der Waals surface area contributed by atoms with E-state index in [4.69, 9.17) is 4.74 Å². The summed E-state index contributed by atoms with van der Waals surface area (Å²) in [5.74, 6) is 1.22. The smallest absolute Gasteiger partial charge is 0.275 e. The summed E-state index contributed by atoms with van der Waals surface area (Å²) in [7, 11) is 1.68. The van der Waals surface area contributed by atoms with E-state index in [9.17, 15) is 10.1 Å². The van der Waals surface area contributed by atoms with Gasteiger partial charge in [0, 0.05) is 18.7 Å². The third kappa shape index (κ3) is 3.68. The van der Waals surface area contributed by atoms with Gasteiger partial charge in [0.05, 0.1) is 22.8 Å². The fourth-order valence-corrected chi connectivity index (χ4v) is 1.87. The van der Waals surface area contributed by atoms with Gasteiger partial charge in [0.1, 0.15) is 11.6 Å². The van der Waals surface area contributed by atoms with Gasteiger partial charge in [0.15, 0.2) is 0 Å². The molecule has 2 rings (SSSR count). The third-order valence-electron chi connectivity index (χ3n) is 2.80. The highest BCUT2D eigenvalue weighted by atomic mass is 16.6. The zero-order chi connectivity index (χ0) is 15.4. The molecular formula is C15H17N3O3. The Bertz CT molecular complexity index is 639. The summed E-state index contributed by atoms with van der Waals surface area (Å²) in [6, 6.07) is 10.2. The largest absolute Gasteiger partial charge is 0.491 e. The first-order chi connectivity index (χ1) is 9.99. The number of anilines is 1. The fourth-order valence-electron chi connectivity index (χ4n) is 1.87. The van der Waals surface area contributed by atoms with Gasteiger partial charge >= 0.3 is 0 Å². The van der Waals surface area contributed by atoms with Gasteiger partial charge in [-0.05, 0) is 38.1 Å². The summed E-state index contributed by atoms with van der Waals surface area (Å²) in [5.41, 5.74) is 1.35. The molecule has 6 heteroatoms. The van der Waals surface area contributed by atoms with E-state index in [2.05, 4.69) is 10.3 Å². The van der Waals surface area contributed by atoms with Crippen molar-refractivity contribution in [1.29, 1.82) is 0 Å². The van der Waals surface area contributed by atoms with Crippen LogP contribution in [0.25, 0.3) is 11.3 Å². The molecule has 1 aromatic carbocycles. The second kappa shape index (κ2) is 6.21. The van der Waals surface area contributed by atoms with Crippen LogP contribution in [0.4, 0.5) is 11.5 Å². The van der Waals surface area contributed by atoms with E-state index in [-0.39, 0.29) is 11.8 Å². The maximum Gasteiger partial charge on any atom is 0.275 e. The van der Waals surface area contributed by atoms with Gasteiger partial charge in [-0.15, -0.1) is 0 Å². The van der Waals surface area contributed by atoms with E-state index in [1.165, 1.54) is 12.1 Å². The number of pyridine rings is 1. The van der Waals surface area contributed by atoms with Crippen molar-refractivity contribution in [3.8, 4) is 17.0 Å². The SMILES string of the molecule is CNc1cc([N+](=O)[O-])cc(-c2ccc(OC(C)C)cc2)n1. The van der Waals surface area contributed by atoms with Crippen LogP contribution in [0.3, 0.4) is 0 Å². The molecule has 0 saturated heterocycles. The van der Waals surface area contributed by atoms with Crippen LogP contribution in [0.1, 0.15) is 13.8 Å². The van der Waals surface area contributed by atoms with Crippen molar-refractivity contribution in [1.82, 2.24) is 4.98 Å². The molecule has 21 heavy (non-hydrogen) atoms. The molecule has 0 radical (unpaired) electrons. The van der Waals surface area contributed by atoms with Crippen LogP contribution in [0, 0.1) is 10.1 Å². The molecular weight excluding hydrogens is 270 g/mol. The molecule has 0 bridgehead atoms. The number of nitrogens with one attached hydrogen (secondary N) is 1. The minimum atomic E-state index is -0.428. The molecule has 110 valence electrons. The highest BCUT2D eigenvalue weighted by Gasteiger charge is 2.12. The van der Waals surface area contributed by atoms with E-state index < -0.39 is 4.92 Å². The lowest BCUT2D eigenvalue weighted by Crippen LogP contribution is -2.05. The Morgan fingerprint density at radius 2 is 1.90 bits per heavy atom. The monoisotopic (exact) mass is 287 g/mol. The summed E-state index contributed by atoms with van der Waals surface area (Å²) >= 11 is 0. The van der Waals surface area contributed by atoms with E-state index in [0.717, 1.165) is 11.3 Å². The predicted molar refractivity (Wildman–Crippen MR) is 81.6 cm³/mol. The number of hydrogen-bond donors (Lipinski definition) is 1. The Morgan fingerprint density at radius 1 is 1.24 bits per heavy atom. The van der Waals surface area contributed by atoms with E-state index in [1.807, 2.05) is 38.1 Å². The summed E-state index contributed by atoms with van der Waals surface area (Å²) in [6.45, 7) is 3.91. The Balaban J connectivity index is 2.36. The van der Waals surface area contributed by atoms with Crippen LogP contribution in [0.15, 0.2) is 36.4 Å². The van der Waals surface area contributed by atoms with Crippen molar-refractivity contribution in [3.05, 3.63) is 46.5 Å². The van der Waals surface area contributed by atoms with Crippen molar-refractivity contribution in [2.75, 3.05) is 12.4 Å². The molecule has 2 aromatic rings. The van der Waals surface area contributed by atoms with Crippen molar-refractivity contribution in [3.63, 3.8) is 0 Å². The second-order valence-corrected chi connectivity index (χ2v) is 4.79. The predicted octanol–water partition coefficient (Wildman–Crippen LogP) is 3.49. The lowest BCUT2D eigenvalue weighted by molar-refractivity contribution is -0.384. The van der Waals surface area contributed by atoms with E-state index in [1.54, 1.807) is 7.05 Å². The Labute approximate surface area is 122 Å². The van der Waals surface area contributed by atoms with E-state index >= 15 is 0 Å². The van der Waals surface area contributed by atoms with Crippen molar-refractivity contribution < 1.29 is 9.66 Å². The summed E-state index contributed by atoms with van der Waals surface area (Å²) in [4.78, 5) is 14.9. The molecule has 0 atom stereocenters. The maximum atomic E-state index is 11.0. The van der Waals surface area contributed by atoms with Crippen molar-refractivity contribution in [2.45, 2.75) is 20.0 Å². The van der Waals surface area contributed by atoms with Gasteiger partial charge in [-0.3, -0.25) is 10.1 Å². The van der Waals surface area contributed by atoms with Crippen LogP contribution in [0.5, 0.6) is 5.75 Å². The molecule has 0 aliphatic carbocycles. The normalized spacial score (nSPS) is 10.5. The summed E-state index contributed by atoms with van der Waals surface area (Å²) in [6.07, 6.45) is 0.0997. The van der Waals surface area contributed by atoms with Gasteiger partial charge in [-0.1, -0.05) is 0 Å². The average Bonchev–Trinajstić information content (AvgIpc) is 2.46. The summed E-state index contributed by atoms with van der Waals surface area (Å²) in [5, 5.41) is 13.8. The standard InChI is InChI=1S/C15H17N3O3/c1-10(2)21-13-6-4-11(5-7-13)14-8-12(18(19)20)9-15(16-3)17-14/h4-10H,1-3H3,(H,16,17). The first-order valence-corrected chi connectivity index (χ1v) is 6.61. The van der Waals surface area contributed by atoms with Crippen molar-refractivity contribution in [2.24, 2.45) is 0 Å². The molecule has 6 nitrogen and oxygen atoms in total. The number of hydrogen-bond acceptors (Lipinski definition) is 5. The highest BCUT2D eigenvalue weighted by Crippen LogP contribution is 2.26. The number of aromatic nitrogens is 1. The molecule has 0 unspecified atom stereocenters. The van der Waals surface area contributed by atoms with Gasteiger partial charge in [-0.25, -0.2) is 4.98 Å². The zero-order valence-corrected chi connectivity index (χ0v) is 12.2. The molecule has 0 saturated carbocycles. The van der Waals surface area contributed by atoms with Gasteiger partial charge in [-0.2, -0.15) is 0 Å². The van der Waals surface area contributed by atoms with Crippen LogP contribution in [0.2, 0.25) is 0 Å². The second-order valence-electron chi connectivity index (χ2n) is 4.79. The average molecular weight is 287 g/mol. The highest BCUT2D eigenvalue weighted by molar-refractivity contribution is 5.65. The number of nitrogens with zero attached hydrogens (tertiary/aromatic N) is 2. The molecule has 0 aliphatic heterocycles. The molecule has 0 amide bonds. The number of benzene rings is 1. The quantitative estimate of drug-likeness (QED) is 0.673.